The molecule has 0 atom stereocenters. The monoisotopic (exact) mass is 287 g/mol. The molecule has 0 bridgehead atoms. The highest BCUT2D eigenvalue weighted by molar-refractivity contribution is 5.89. The molecule has 1 fully saturated rings. The number of hydrogen-bond donors (Lipinski definition) is 0. The van der Waals surface area contributed by atoms with Gasteiger partial charge >= 0.3 is 5.97 Å². The molecule has 0 spiro atoms. The van der Waals surface area contributed by atoms with E-state index in [0.717, 1.165) is 24.2 Å². The van der Waals surface area contributed by atoms with Crippen LogP contribution in [-0.2, 0) is 4.74 Å². The molecule has 0 amide bonds. The van der Waals surface area contributed by atoms with Gasteiger partial charge in [-0.05, 0) is 44.0 Å². The van der Waals surface area contributed by atoms with Crippen molar-refractivity contribution in [2.45, 2.75) is 25.7 Å². The van der Waals surface area contributed by atoms with E-state index in [-0.39, 0.29) is 0 Å². The lowest BCUT2D eigenvalue weighted by atomic mass is 10.2. The summed E-state index contributed by atoms with van der Waals surface area (Å²) in [5.41, 5.74) is 1.12. The maximum absolute atomic E-state index is 12.0. The molecule has 2 aromatic rings. The first-order chi connectivity index (χ1) is 10.2. The summed E-state index contributed by atoms with van der Waals surface area (Å²) in [5, 5.41) is 0. The first-order valence-electron chi connectivity index (χ1n) is 7.05. The molecule has 21 heavy (non-hydrogen) atoms. The summed E-state index contributed by atoms with van der Waals surface area (Å²) in [4.78, 5) is 16.3. The van der Waals surface area contributed by atoms with E-state index in [0.29, 0.717) is 29.9 Å². The summed E-state index contributed by atoms with van der Waals surface area (Å²) in [5.74, 6) is 1.74. The smallest absolute Gasteiger partial charge is 0.360 e. The molecule has 5 heteroatoms. The van der Waals surface area contributed by atoms with Gasteiger partial charge in [0.05, 0.1) is 13.7 Å². The minimum Gasteiger partial charge on any atom is -0.497 e. The summed E-state index contributed by atoms with van der Waals surface area (Å²) >= 11 is 0. The number of hydrogen-bond acceptors (Lipinski definition) is 5. The molecule has 5 nitrogen and oxygen atoms in total. The lowest BCUT2D eigenvalue weighted by Gasteiger charge is -1.99. The summed E-state index contributed by atoms with van der Waals surface area (Å²) in [6.07, 6.45) is 2.06. The topological polar surface area (TPSA) is 61.6 Å². The summed E-state index contributed by atoms with van der Waals surface area (Å²) < 4.78 is 16.0. The van der Waals surface area contributed by atoms with Crippen LogP contribution in [0.4, 0.5) is 0 Å². The van der Waals surface area contributed by atoms with Crippen molar-refractivity contribution in [1.82, 2.24) is 4.98 Å². The Bertz CT molecular complexity index is 641. The van der Waals surface area contributed by atoms with Gasteiger partial charge in [-0.1, -0.05) is 0 Å². The maximum atomic E-state index is 12.0. The lowest BCUT2D eigenvalue weighted by molar-refractivity contribution is 0.0517. The van der Waals surface area contributed by atoms with Gasteiger partial charge in [0.2, 0.25) is 5.89 Å². The zero-order chi connectivity index (χ0) is 14.8. The number of carbonyl (C=O) groups excluding carboxylic acids is 1. The first kappa shape index (κ1) is 13.7. The molecule has 110 valence electrons. The molecule has 1 aliphatic rings. The maximum Gasteiger partial charge on any atom is 0.360 e. The third-order valence-electron chi connectivity index (χ3n) is 3.41. The van der Waals surface area contributed by atoms with Gasteiger partial charge in [-0.2, -0.15) is 0 Å². The highest BCUT2D eigenvalue weighted by Crippen LogP contribution is 2.43. The predicted molar refractivity (Wildman–Crippen MR) is 76.4 cm³/mol. The van der Waals surface area contributed by atoms with Crippen LogP contribution in [0.3, 0.4) is 0 Å². The Kier molecular flexibility index (Phi) is 3.64. The SMILES string of the molecule is CCOC(=O)c1nc(-c2ccc(OC)cc2)oc1C1CC1. The van der Waals surface area contributed by atoms with Crippen LogP contribution in [-0.4, -0.2) is 24.7 Å². The van der Waals surface area contributed by atoms with Crippen molar-refractivity contribution >= 4 is 5.97 Å². The predicted octanol–water partition coefficient (Wildman–Crippen LogP) is 3.40. The van der Waals surface area contributed by atoms with Crippen molar-refractivity contribution in [2.75, 3.05) is 13.7 Å². The van der Waals surface area contributed by atoms with Gasteiger partial charge in [-0.25, -0.2) is 9.78 Å². The average Bonchev–Trinajstić information content (AvgIpc) is 3.26. The van der Waals surface area contributed by atoms with Gasteiger partial charge in [0.1, 0.15) is 11.5 Å². The fourth-order valence-electron chi connectivity index (χ4n) is 2.16. The molecule has 3 rings (SSSR count). The van der Waals surface area contributed by atoms with Crippen molar-refractivity contribution in [3.8, 4) is 17.2 Å². The molecular weight excluding hydrogens is 270 g/mol. The van der Waals surface area contributed by atoms with Crippen LogP contribution < -0.4 is 4.74 Å². The molecule has 1 aromatic carbocycles. The zero-order valence-electron chi connectivity index (χ0n) is 12.1. The van der Waals surface area contributed by atoms with E-state index in [1.54, 1.807) is 14.0 Å². The standard InChI is InChI=1S/C16H17NO4/c1-3-20-16(18)13-14(10-4-5-10)21-15(17-13)11-6-8-12(19-2)9-7-11/h6-10H,3-5H2,1-2H3. The number of carbonyl (C=O) groups is 1. The molecule has 1 heterocycles. The van der Waals surface area contributed by atoms with Crippen LogP contribution in [0.25, 0.3) is 11.5 Å². The Morgan fingerprint density at radius 3 is 2.62 bits per heavy atom. The van der Waals surface area contributed by atoms with Crippen molar-refractivity contribution in [2.24, 2.45) is 0 Å². The van der Waals surface area contributed by atoms with Gasteiger partial charge in [0.25, 0.3) is 0 Å². The van der Waals surface area contributed by atoms with Gasteiger partial charge in [0.15, 0.2) is 5.69 Å². The molecular formula is C16H17NO4. The van der Waals surface area contributed by atoms with E-state index < -0.39 is 5.97 Å². The van der Waals surface area contributed by atoms with Crippen LogP contribution in [0.1, 0.15) is 41.9 Å². The fraction of sp³-hybridized carbons (Fsp3) is 0.375. The van der Waals surface area contributed by atoms with Crippen molar-refractivity contribution in [3.05, 3.63) is 35.7 Å². The highest BCUT2D eigenvalue weighted by atomic mass is 16.5. The normalized spacial score (nSPS) is 14.0. The molecule has 0 unspecified atom stereocenters. The number of methoxy groups -OCH3 is 1. The molecule has 1 aliphatic carbocycles. The summed E-state index contributed by atoms with van der Waals surface area (Å²) in [7, 11) is 1.62. The van der Waals surface area contributed by atoms with Crippen molar-refractivity contribution < 1.29 is 18.7 Å². The Morgan fingerprint density at radius 2 is 2.05 bits per heavy atom. The number of benzene rings is 1. The summed E-state index contributed by atoms with van der Waals surface area (Å²) in [6.45, 7) is 2.10. The van der Waals surface area contributed by atoms with Crippen LogP contribution in [0.2, 0.25) is 0 Å². The molecule has 0 aliphatic heterocycles. The average molecular weight is 287 g/mol. The number of ether oxygens (including phenoxy) is 2. The molecule has 0 saturated heterocycles. The van der Waals surface area contributed by atoms with E-state index in [2.05, 4.69) is 4.98 Å². The van der Waals surface area contributed by atoms with E-state index in [1.165, 1.54) is 0 Å². The molecule has 1 saturated carbocycles. The van der Waals surface area contributed by atoms with Gasteiger partial charge in [-0.15, -0.1) is 0 Å². The largest absolute Gasteiger partial charge is 0.497 e. The van der Waals surface area contributed by atoms with Crippen molar-refractivity contribution in [1.29, 1.82) is 0 Å². The Morgan fingerprint density at radius 1 is 1.33 bits per heavy atom. The number of oxazole rings is 1. The quantitative estimate of drug-likeness (QED) is 0.789. The van der Waals surface area contributed by atoms with Gasteiger partial charge < -0.3 is 13.9 Å². The van der Waals surface area contributed by atoms with Gasteiger partial charge in [-0.3, -0.25) is 0 Å². The number of esters is 1. The molecule has 1 aromatic heterocycles. The second-order valence-corrected chi connectivity index (χ2v) is 4.96. The van der Waals surface area contributed by atoms with E-state index in [1.807, 2.05) is 24.3 Å². The second kappa shape index (κ2) is 5.60. The van der Waals surface area contributed by atoms with E-state index in [4.69, 9.17) is 13.9 Å². The highest BCUT2D eigenvalue weighted by Gasteiger charge is 2.34. The third kappa shape index (κ3) is 2.77. The first-order valence-corrected chi connectivity index (χ1v) is 7.05. The van der Waals surface area contributed by atoms with Crippen LogP contribution >= 0.6 is 0 Å². The Balaban J connectivity index is 1.95. The third-order valence-corrected chi connectivity index (χ3v) is 3.41. The fourth-order valence-corrected chi connectivity index (χ4v) is 2.16. The van der Waals surface area contributed by atoms with Crippen molar-refractivity contribution in [3.63, 3.8) is 0 Å². The molecule has 0 radical (unpaired) electrons. The molecule has 0 N–H and O–H groups in total. The second-order valence-electron chi connectivity index (χ2n) is 4.96. The van der Waals surface area contributed by atoms with E-state index >= 15 is 0 Å². The van der Waals surface area contributed by atoms with Gasteiger partial charge in [0, 0.05) is 11.5 Å². The van der Waals surface area contributed by atoms with E-state index in [9.17, 15) is 4.79 Å². The number of nitrogens with zero attached hydrogens (tertiary/aromatic N) is 1. The minimum absolute atomic E-state index is 0.295. The lowest BCUT2D eigenvalue weighted by Crippen LogP contribution is -2.07. The van der Waals surface area contributed by atoms with Crippen LogP contribution in [0.5, 0.6) is 5.75 Å². The van der Waals surface area contributed by atoms with Crippen LogP contribution in [0, 0.1) is 0 Å². The Hall–Kier alpha value is -2.30. The van der Waals surface area contributed by atoms with Crippen LogP contribution in [0.15, 0.2) is 28.7 Å². The zero-order valence-corrected chi connectivity index (χ0v) is 12.1. The number of aromatic nitrogens is 1. The summed E-state index contributed by atoms with van der Waals surface area (Å²) in [6, 6.07) is 7.38. The number of rotatable bonds is 5. The Labute approximate surface area is 122 Å². The minimum atomic E-state index is -0.414.